The first-order chi connectivity index (χ1) is 14.2. The van der Waals surface area contributed by atoms with Crippen LogP contribution in [0.3, 0.4) is 0 Å². The van der Waals surface area contributed by atoms with Crippen molar-refractivity contribution in [2.75, 3.05) is 19.6 Å². The molecule has 150 valence electrons. The molecule has 0 aliphatic heterocycles. The van der Waals surface area contributed by atoms with Crippen molar-refractivity contribution >= 4 is 22.9 Å². The second-order valence-corrected chi connectivity index (χ2v) is 6.90. The molecular formula is C24H28N3O2+. The Kier molecular flexibility index (Phi) is 7.36. The summed E-state index contributed by atoms with van der Waals surface area (Å²) in [6.45, 7) is 6.85. The molecule has 0 radical (unpaired) electrons. The average molecular weight is 391 g/mol. The topological polar surface area (TPSA) is 55.1 Å². The molecule has 2 N–H and O–H groups in total. The molecule has 0 atom stereocenters. The van der Waals surface area contributed by atoms with Gasteiger partial charge < -0.3 is 9.64 Å². The van der Waals surface area contributed by atoms with E-state index in [2.05, 4.69) is 30.4 Å². The Morgan fingerprint density at radius 3 is 2.48 bits per heavy atom. The zero-order valence-electron chi connectivity index (χ0n) is 17.0. The highest BCUT2D eigenvalue weighted by Crippen LogP contribution is 2.27. The Labute approximate surface area is 172 Å². The first-order valence-electron chi connectivity index (χ1n) is 10.0. The summed E-state index contributed by atoms with van der Waals surface area (Å²) < 4.78 is 6.08. The molecule has 0 aliphatic rings. The van der Waals surface area contributed by atoms with Crippen LogP contribution in [0.2, 0.25) is 0 Å². The number of likely N-dealkylation sites (N-methyl/N-ethyl adjacent to an activating group) is 1. The molecule has 0 fully saturated rings. The predicted octanol–water partition coefficient (Wildman–Crippen LogP) is 2.79. The van der Waals surface area contributed by atoms with Crippen molar-refractivity contribution in [1.29, 1.82) is 0 Å². The minimum absolute atomic E-state index is 0.0908. The molecule has 0 saturated carbocycles. The predicted molar refractivity (Wildman–Crippen MR) is 117 cm³/mol. The van der Waals surface area contributed by atoms with E-state index in [4.69, 9.17) is 4.74 Å². The van der Waals surface area contributed by atoms with Crippen LogP contribution in [0.4, 0.5) is 0 Å². The van der Waals surface area contributed by atoms with Gasteiger partial charge in [0.05, 0.1) is 19.3 Å². The highest BCUT2D eigenvalue weighted by molar-refractivity contribution is 6.02. The third-order valence-corrected chi connectivity index (χ3v) is 4.96. The summed E-state index contributed by atoms with van der Waals surface area (Å²) in [5.41, 5.74) is 4.60. The third-order valence-electron chi connectivity index (χ3n) is 4.96. The van der Waals surface area contributed by atoms with E-state index < -0.39 is 0 Å². The third kappa shape index (κ3) is 5.65. The van der Waals surface area contributed by atoms with Gasteiger partial charge in [-0.25, -0.2) is 5.43 Å². The van der Waals surface area contributed by atoms with Gasteiger partial charge in [0.1, 0.15) is 12.4 Å². The molecule has 0 aromatic heterocycles. The van der Waals surface area contributed by atoms with Gasteiger partial charge in [0.15, 0.2) is 6.54 Å². The zero-order chi connectivity index (χ0) is 20.5. The molecule has 0 heterocycles. The number of hydrogen-bond donors (Lipinski definition) is 2. The van der Waals surface area contributed by atoms with Crippen LogP contribution < -0.4 is 15.1 Å². The molecule has 3 rings (SSSR count). The number of ether oxygens (including phenoxy) is 1. The number of rotatable bonds is 9. The van der Waals surface area contributed by atoms with Crippen LogP contribution in [-0.4, -0.2) is 31.8 Å². The van der Waals surface area contributed by atoms with Crippen molar-refractivity contribution in [2.24, 2.45) is 5.10 Å². The number of nitrogens with zero attached hydrogens (tertiary/aromatic N) is 1. The Morgan fingerprint density at radius 2 is 1.72 bits per heavy atom. The Balaban J connectivity index is 1.79. The quantitative estimate of drug-likeness (QED) is 0.436. The standard InChI is InChI=1S/C24H27N3O2/c1-3-27(4-2)17-24(28)26-25-16-22-21-13-9-8-12-20(21)14-15-23(22)29-18-19-10-6-5-7-11-19/h5-16H,3-4,17-18H2,1-2H3,(H,26,28)/p+1/b25-16-. The summed E-state index contributed by atoms with van der Waals surface area (Å²) in [6, 6.07) is 22.1. The minimum atomic E-state index is -0.0908. The van der Waals surface area contributed by atoms with E-state index in [1.165, 1.54) is 4.90 Å². The highest BCUT2D eigenvalue weighted by Gasteiger charge is 2.10. The number of carbonyl (C=O) groups is 1. The van der Waals surface area contributed by atoms with Gasteiger partial charge in [-0.15, -0.1) is 0 Å². The maximum atomic E-state index is 12.1. The smallest absolute Gasteiger partial charge is 0.295 e. The van der Waals surface area contributed by atoms with Crippen LogP contribution in [0, 0.1) is 0 Å². The van der Waals surface area contributed by atoms with E-state index in [1.54, 1.807) is 6.21 Å². The summed E-state index contributed by atoms with van der Waals surface area (Å²) in [4.78, 5) is 13.4. The number of carbonyl (C=O) groups excluding carboxylic acids is 1. The number of amides is 1. The molecule has 5 heteroatoms. The normalized spacial score (nSPS) is 11.3. The second kappa shape index (κ2) is 10.4. The van der Waals surface area contributed by atoms with Gasteiger partial charge >= 0.3 is 0 Å². The minimum Gasteiger partial charge on any atom is -0.488 e. The summed E-state index contributed by atoms with van der Waals surface area (Å²) in [5.74, 6) is 0.645. The molecule has 3 aromatic rings. The van der Waals surface area contributed by atoms with E-state index in [0.717, 1.165) is 40.7 Å². The van der Waals surface area contributed by atoms with Gasteiger partial charge in [0, 0.05) is 5.56 Å². The van der Waals surface area contributed by atoms with Gasteiger partial charge in [0.2, 0.25) is 0 Å². The van der Waals surface area contributed by atoms with Gasteiger partial charge in [-0.05, 0) is 36.2 Å². The molecule has 0 aliphatic carbocycles. The molecule has 0 spiro atoms. The van der Waals surface area contributed by atoms with Crippen molar-refractivity contribution in [3.8, 4) is 5.75 Å². The molecule has 29 heavy (non-hydrogen) atoms. The van der Waals surface area contributed by atoms with Crippen molar-refractivity contribution in [3.63, 3.8) is 0 Å². The van der Waals surface area contributed by atoms with Gasteiger partial charge in [-0.2, -0.15) is 5.10 Å². The van der Waals surface area contributed by atoms with Crippen LogP contribution in [-0.2, 0) is 11.4 Å². The Hall–Kier alpha value is -3.18. The van der Waals surface area contributed by atoms with Gasteiger partial charge in [-0.1, -0.05) is 60.7 Å². The summed E-state index contributed by atoms with van der Waals surface area (Å²) in [7, 11) is 0. The second-order valence-electron chi connectivity index (χ2n) is 6.90. The van der Waals surface area contributed by atoms with Crippen LogP contribution in [0.15, 0.2) is 71.8 Å². The first kappa shape index (κ1) is 20.6. The Morgan fingerprint density at radius 1 is 1.00 bits per heavy atom. The number of hydrogen-bond acceptors (Lipinski definition) is 3. The van der Waals surface area contributed by atoms with Crippen molar-refractivity contribution in [2.45, 2.75) is 20.5 Å². The maximum absolute atomic E-state index is 12.1. The summed E-state index contributed by atoms with van der Waals surface area (Å²) >= 11 is 0. The lowest BCUT2D eigenvalue weighted by molar-refractivity contribution is -0.888. The van der Waals surface area contributed by atoms with Crippen LogP contribution in [0.1, 0.15) is 25.0 Å². The lowest BCUT2D eigenvalue weighted by Crippen LogP contribution is -3.12. The fourth-order valence-corrected chi connectivity index (χ4v) is 3.21. The molecule has 5 nitrogen and oxygen atoms in total. The fourth-order valence-electron chi connectivity index (χ4n) is 3.21. The van der Waals surface area contributed by atoms with E-state index in [9.17, 15) is 4.79 Å². The highest BCUT2D eigenvalue weighted by atomic mass is 16.5. The van der Waals surface area contributed by atoms with Gasteiger partial charge in [-0.3, -0.25) is 4.79 Å². The number of nitrogens with one attached hydrogen (secondary N) is 2. The van der Waals surface area contributed by atoms with E-state index in [1.807, 2.05) is 60.7 Å². The van der Waals surface area contributed by atoms with Crippen molar-refractivity contribution < 1.29 is 14.4 Å². The lowest BCUT2D eigenvalue weighted by atomic mass is 10.0. The molecule has 1 amide bonds. The van der Waals surface area contributed by atoms with E-state index in [0.29, 0.717) is 13.2 Å². The molecular weight excluding hydrogens is 362 g/mol. The monoisotopic (exact) mass is 390 g/mol. The maximum Gasteiger partial charge on any atom is 0.295 e. The summed E-state index contributed by atoms with van der Waals surface area (Å²) in [6.07, 6.45) is 1.68. The number of quaternary nitrogens is 1. The number of benzene rings is 3. The van der Waals surface area contributed by atoms with Crippen LogP contribution in [0.25, 0.3) is 10.8 Å². The largest absolute Gasteiger partial charge is 0.488 e. The average Bonchev–Trinajstić information content (AvgIpc) is 2.77. The van der Waals surface area contributed by atoms with E-state index >= 15 is 0 Å². The van der Waals surface area contributed by atoms with E-state index in [-0.39, 0.29) is 5.91 Å². The molecule has 0 unspecified atom stereocenters. The number of hydrazone groups is 1. The SMILES string of the molecule is CC[NH+](CC)CC(=O)N/N=C\c1c(OCc2ccccc2)ccc2ccccc12. The Bertz CT molecular complexity index is 966. The fraction of sp³-hybridized carbons (Fsp3) is 0.250. The van der Waals surface area contributed by atoms with Crippen molar-refractivity contribution in [1.82, 2.24) is 5.43 Å². The van der Waals surface area contributed by atoms with Crippen LogP contribution >= 0.6 is 0 Å². The lowest BCUT2D eigenvalue weighted by Gasteiger charge is -2.14. The number of fused-ring (bicyclic) bond motifs is 1. The molecule has 3 aromatic carbocycles. The molecule has 0 bridgehead atoms. The zero-order valence-corrected chi connectivity index (χ0v) is 17.0. The van der Waals surface area contributed by atoms with Crippen LogP contribution in [0.5, 0.6) is 5.75 Å². The van der Waals surface area contributed by atoms with Crippen molar-refractivity contribution in [3.05, 3.63) is 77.9 Å². The first-order valence-corrected chi connectivity index (χ1v) is 10.0. The summed E-state index contributed by atoms with van der Waals surface area (Å²) in [5, 5.41) is 6.34. The molecule has 0 saturated heterocycles. The van der Waals surface area contributed by atoms with Gasteiger partial charge in [0.25, 0.3) is 5.91 Å².